The number of benzene rings is 1. The molecule has 0 aliphatic carbocycles. The van der Waals surface area contributed by atoms with Gasteiger partial charge in [0.05, 0.1) is 9.82 Å². The van der Waals surface area contributed by atoms with Crippen LogP contribution in [0.15, 0.2) is 71.5 Å². The molecule has 0 atom stereocenters. The van der Waals surface area contributed by atoms with Crippen molar-refractivity contribution in [2.45, 2.75) is 16.6 Å². The van der Waals surface area contributed by atoms with Gasteiger partial charge in [-0.25, -0.2) is 0 Å². The molecule has 3 aromatic rings. The van der Waals surface area contributed by atoms with Gasteiger partial charge in [0.2, 0.25) is 0 Å². The van der Waals surface area contributed by atoms with E-state index in [1.807, 2.05) is 16.7 Å². The second-order valence-electron chi connectivity index (χ2n) is 4.77. The van der Waals surface area contributed by atoms with Gasteiger partial charge >= 0.3 is 0 Å². The highest BCUT2D eigenvalue weighted by atomic mass is 32.2. The minimum absolute atomic E-state index is 0.0427. The van der Waals surface area contributed by atoms with E-state index < -0.39 is 4.92 Å². The van der Waals surface area contributed by atoms with Crippen molar-refractivity contribution < 1.29 is 4.92 Å². The fourth-order valence-electron chi connectivity index (χ4n) is 2.17. The molecule has 120 valence electrons. The van der Waals surface area contributed by atoms with Crippen molar-refractivity contribution in [3.63, 3.8) is 0 Å². The summed E-state index contributed by atoms with van der Waals surface area (Å²) in [5, 5.41) is 20.2. The first-order chi connectivity index (χ1) is 11.7. The maximum Gasteiger partial charge on any atom is 0.283 e. The van der Waals surface area contributed by atoms with Gasteiger partial charge in [-0.2, -0.15) is 0 Å². The number of nitro groups is 1. The summed E-state index contributed by atoms with van der Waals surface area (Å²) in [6.45, 7) is 4.25. The topological polar surface area (TPSA) is 86.7 Å². The van der Waals surface area contributed by atoms with Gasteiger partial charge in [0.1, 0.15) is 0 Å². The quantitative estimate of drug-likeness (QED) is 0.387. The molecule has 0 aliphatic heterocycles. The summed E-state index contributed by atoms with van der Waals surface area (Å²) in [5.41, 5.74) is 0.912. The molecule has 0 N–H and O–H groups in total. The Labute approximate surface area is 142 Å². The van der Waals surface area contributed by atoms with Crippen LogP contribution in [0, 0.1) is 10.1 Å². The molecule has 8 heteroatoms. The third-order valence-electron chi connectivity index (χ3n) is 3.23. The number of allylic oxidation sites excluding steroid dienone is 1. The Bertz CT molecular complexity index is 879. The molecule has 24 heavy (non-hydrogen) atoms. The maximum atomic E-state index is 11.2. The van der Waals surface area contributed by atoms with Crippen molar-refractivity contribution in [2.24, 2.45) is 0 Å². The van der Waals surface area contributed by atoms with Gasteiger partial charge in [-0.05, 0) is 30.0 Å². The summed E-state index contributed by atoms with van der Waals surface area (Å²) in [6, 6.07) is 10.2. The van der Waals surface area contributed by atoms with E-state index in [1.165, 1.54) is 17.8 Å². The Hall–Kier alpha value is -3.00. The van der Waals surface area contributed by atoms with Gasteiger partial charge in [0.25, 0.3) is 5.69 Å². The Kier molecular flexibility index (Phi) is 4.66. The van der Waals surface area contributed by atoms with Crippen LogP contribution >= 0.6 is 11.8 Å². The van der Waals surface area contributed by atoms with Crippen LogP contribution in [0.25, 0.3) is 11.4 Å². The van der Waals surface area contributed by atoms with Crippen molar-refractivity contribution in [3.8, 4) is 11.4 Å². The molecule has 0 saturated heterocycles. The molecule has 0 amide bonds. The third kappa shape index (κ3) is 3.18. The number of para-hydroxylation sites is 1. The Balaban J connectivity index is 2.02. The molecule has 0 fully saturated rings. The summed E-state index contributed by atoms with van der Waals surface area (Å²) in [4.78, 5) is 15.3. The first-order valence-electron chi connectivity index (χ1n) is 7.06. The van der Waals surface area contributed by atoms with E-state index in [-0.39, 0.29) is 5.69 Å². The molecule has 0 unspecified atom stereocenters. The second kappa shape index (κ2) is 7.05. The summed E-state index contributed by atoms with van der Waals surface area (Å²) >= 11 is 1.21. The fraction of sp³-hybridized carbons (Fsp3) is 0.0625. The molecule has 2 heterocycles. The van der Waals surface area contributed by atoms with Gasteiger partial charge < -0.3 is 0 Å². The number of rotatable bonds is 6. The van der Waals surface area contributed by atoms with Crippen LogP contribution in [-0.4, -0.2) is 24.7 Å². The van der Waals surface area contributed by atoms with Crippen LogP contribution in [0.1, 0.15) is 0 Å². The molecule has 0 bridgehead atoms. The highest BCUT2D eigenvalue weighted by Gasteiger charge is 2.19. The average molecular weight is 339 g/mol. The highest BCUT2D eigenvalue weighted by molar-refractivity contribution is 7.99. The van der Waals surface area contributed by atoms with Crippen molar-refractivity contribution in [1.29, 1.82) is 0 Å². The molecule has 0 spiro atoms. The molecule has 0 radical (unpaired) electrons. The number of hydrogen-bond acceptors (Lipinski definition) is 6. The average Bonchev–Trinajstić information content (AvgIpc) is 2.99. The third-order valence-corrected chi connectivity index (χ3v) is 4.28. The van der Waals surface area contributed by atoms with Crippen LogP contribution in [0.5, 0.6) is 0 Å². The predicted molar refractivity (Wildman–Crippen MR) is 90.7 cm³/mol. The molecule has 0 saturated carbocycles. The molecule has 0 aliphatic rings. The molecule has 3 rings (SSSR count). The van der Waals surface area contributed by atoms with Crippen LogP contribution in [0.3, 0.4) is 0 Å². The standard InChI is InChI=1S/C16H13N5O2S/c1-2-11-20-15(12-7-9-17-10-8-12)18-19-16(20)24-14-6-4-3-5-13(14)21(22)23/h2-10H,1,11H2. The van der Waals surface area contributed by atoms with E-state index in [2.05, 4.69) is 21.8 Å². The Morgan fingerprint density at radius 1 is 1.21 bits per heavy atom. The van der Waals surface area contributed by atoms with E-state index in [9.17, 15) is 10.1 Å². The second-order valence-corrected chi connectivity index (χ2v) is 5.78. The lowest BCUT2D eigenvalue weighted by atomic mass is 10.2. The lowest BCUT2D eigenvalue weighted by Gasteiger charge is -2.07. The van der Waals surface area contributed by atoms with Crippen LogP contribution < -0.4 is 0 Å². The number of pyridine rings is 1. The zero-order valence-electron chi connectivity index (χ0n) is 12.6. The number of nitro benzene ring substituents is 1. The molecule has 7 nitrogen and oxygen atoms in total. The Morgan fingerprint density at radius 3 is 2.67 bits per heavy atom. The maximum absolute atomic E-state index is 11.2. The van der Waals surface area contributed by atoms with Gasteiger partial charge in [-0.15, -0.1) is 16.8 Å². The van der Waals surface area contributed by atoms with Gasteiger partial charge in [0.15, 0.2) is 11.0 Å². The molecule has 1 aromatic carbocycles. The minimum Gasteiger partial charge on any atom is -0.298 e. The monoisotopic (exact) mass is 339 g/mol. The smallest absolute Gasteiger partial charge is 0.283 e. The first kappa shape index (κ1) is 15.9. The van der Waals surface area contributed by atoms with E-state index in [0.29, 0.717) is 22.4 Å². The largest absolute Gasteiger partial charge is 0.298 e. The normalized spacial score (nSPS) is 10.5. The summed E-state index contributed by atoms with van der Waals surface area (Å²) in [5.74, 6) is 0.665. The lowest BCUT2D eigenvalue weighted by molar-refractivity contribution is -0.387. The van der Waals surface area contributed by atoms with Gasteiger partial charge in [0, 0.05) is 30.6 Å². The van der Waals surface area contributed by atoms with Crippen LogP contribution in [0.2, 0.25) is 0 Å². The summed E-state index contributed by atoms with van der Waals surface area (Å²) in [7, 11) is 0. The van der Waals surface area contributed by atoms with E-state index in [1.54, 1.807) is 36.7 Å². The summed E-state index contributed by atoms with van der Waals surface area (Å²) < 4.78 is 1.86. The molecule has 2 aromatic heterocycles. The van der Waals surface area contributed by atoms with Crippen molar-refractivity contribution in [3.05, 3.63) is 71.6 Å². The number of aromatic nitrogens is 4. The van der Waals surface area contributed by atoms with E-state index in [0.717, 1.165) is 5.56 Å². The fourth-order valence-corrected chi connectivity index (χ4v) is 3.11. The SMILES string of the molecule is C=CCn1c(Sc2ccccc2[N+](=O)[O-])nnc1-c1ccncc1. The zero-order chi connectivity index (χ0) is 16.9. The zero-order valence-corrected chi connectivity index (χ0v) is 13.4. The molecular weight excluding hydrogens is 326 g/mol. The van der Waals surface area contributed by atoms with Gasteiger partial charge in [-0.3, -0.25) is 19.7 Å². The van der Waals surface area contributed by atoms with Crippen molar-refractivity contribution in [1.82, 2.24) is 19.7 Å². The number of hydrogen-bond donors (Lipinski definition) is 0. The van der Waals surface area contributed by atoms with Crippen LogP contribution in [-0.2, 0) is 6.54 Å². The van der Waals surface area contributed by atoms with E-state index in [4.69, 9.17) is 0 Å². The van der Waals surface area contributed by atoms with Crippen molar-refractivity contribution in [2.75, 3.05) is 0 Å². The minimum atomic E-state index is -0.402. The highest BCUT2D eigenvalue weighted by Crippen LogP contribution is 2.35. The Morgan fingerprint density at radius 2 is 1.96 bits per heavy atom. The van der Waals surface area contributed by atoms with Gasteiger partial charge in [-0.1, -0.05) is 18.2 Å². The lowest BCUT2D eigenvalue weighted by Crippen LogP contribution is -2.01. The summed E-state index contributed by atoms with van der Waals surface area (Å²) in [6.07, 6.45) is 5.09. The molecular formula is C16H13N5O2S. The van der Waals surface area contributed by atoms with Crippen LogP contribution in [0.4, 0.5) is 5.69 Å². The van der Waals surface area contributed by atoms with Crippen molar-refractivity contribution >= 4 is 17.4 Å². The van der Waals surface area contributed by atoms with E-state index >= 15 is 0 Å². The predicted octanol–water partition coefficient (Wildman–Crippen LogP) is 3.59. The number of nitrogens with zero attached hydrogens (tertiary/aromatic N) is 5. The first-order valence-corrected chi connectivity index (χ1v) is 7.88.